The Kier molecular flexibility index (Phi) is 6.51. The van der Waals surface area contributed by atoms with Gasteiger partial charge < -0.3 is 19.5 Å². The third-order valence-electron chi connectivity index (χ3n) is 4.40. The van der Waals surface area contributed by atoms with Gasteiger partial charge in [-0.15, -0.1) is 0 Å². The molecule has 0 bridgehead atoms. The average Bonchev–Trinajstić information content (AvgIpc) is 2.75. The molecule has 1 heterocycles. The lowest BCUT2D eigenvalue weighted by Crippen LogP contribution is -2.34. The molecule has 1 aromatic heterocycles. The zero-order chi connectivity index (χ0) is 21.7. The Morgan fingerprint density at radius 1 is 1.00 bits per heavy atom. The van der Waals surface area contributed by atoms with Crippen molar-refractivity contribution in [2.45, 2.75) is 19.9 Å². The number of hydrogen-bond acceptors (Lipinski definition) is 6. The second kappa shape index (κ2) is 9.26. The van der Waals surface area contributed by atoms with E-state index in [1.54, 1.807) is 38.5 Å². The Bertz CT molecular complexity index is 1080. The number of ether oxygens (including phenoxy) is 3. The molecular formula is C23H24N2O5. The van der Waals surface area contributed by atoms with E-state index in [9.17, 15) is 9.59 Å². The smallest absolute Gasteiger partial charge is 0.339 e. The molecule has 0 radical (unpaired) electrons. The third-order valence-corrected chi connectivity index (χ3v) is 4.40. The third kappa shape index (κ3) is 4.68. The number of methoxy groups -OCH3 is 2. The first-order valence-electron chi connectivity index (χ1n) is 9.51. The molecule has 3 rings (SSSR count). The van der Waals surface area contributed by atoms with E-state index in [2.05, 4.69) is 10.3 Å². The van der Waals surface area contributed by atoms with Gasteiger partial charge in [-0.05, 0) is 44.2 Å². The SMILES string of the molecule is COc1ccc(-c2cc(C(=O)OCC(=O)NC(C)C)c3ccccc3n2)cc1OC. The summed E-state index contributed by atoms with van der Waals surface area (Å²) in [5.74, 6) is 0.211. The van der Waals surface area contributed by atoms with Crippen LogP contribution in [0.5, 0.6) is 11.5 Å². The molecule has 0 aliphatic rings. The zero-order valence-corrected chi connectivity index (χ0v) is 17.4. The highest BCUT2D eigenvalue weighted by molar-refractivity contribution is 6.05. The lowest BCUT2D eigenvalue weighted by Gasteiger charge is -2.12. The van der Waals surface area contributed by atoms with E-state index in [1.165, 1.54) is 0 Å². The van der Waals surface area contributed by atoms with Gasteiger partial charge in [0.1, 0.15) is 0 Å². The standard InChI is InChI=1S/C23H24N2O5/c1-14(2)24-22(26)13-30-23(27)17-12-19(25-18-8-6-5-7-16(17)18)15-9-10-20(28-3)21(11-15)29-4/h5-12,14H,13H2,1-4H3,(H,24,26). The lowest BCUT2D eigenvalue weighted by atomic mass is 10.0. The molecule has 1 amide bonds. The normalized spacial score (nSPS) is 10.7. The molecule has 0 spiro atoms. The van der Waals surface area contributed by atoms with Gasteiger partial charge >= 0.3 is 5.97 Å². The summed E-state index contributed by atoms with van der Waals surface area (Å²) >= 11 is 0. The van der Waals surface area contributed by atoms with Gasteiger partial charge in [0, 0.05) is 17.0 Å². The van der Waals surface area contributed by atoms with Crippen molar-refractivity contribution in [3.8, 4) is 22.8 Å². The molecule has 7 heteroatoms. The van der Waals surface area contributed by atoms with Crippen LogP contribution in [0, 0.1) is 0 Å². The number of hydrogen-bond donors (Lipinski definition) is 1. The fourth-order valence-corrected chi connectivity index (χ4v) is 3.06. The van der Waals surface area contributed by atoms with Crippen LogP contribution in [0.4, 0.5) is 0 Å². The first-order valence-corrected chi connectivity index (χ1v) is 9.51. The Labute approximate surface area is 175 Å². The summed E-state index contributed by atoms with van der Waals surface area (Å²) in [6.07, 6.45) is 0. The van der Waals surface area contributed by atoms with Gasteiger partial charge in [-0.25, -0.2) is 9.78 Å². The van der Waals surface area contributed by atoms with Crippen LogP contribution < -0.4 is 14.8 Å². The summed E-state index contributed by atoms with van der Waals surface area (Å²) in [4.78, 5) is 29.3. The van der Waals surface area contributed by atoms with E-state index < -0.39 is 5.97 Å². The van der Waals surface area contributed by atoms with Crippen LogP contribution in [-0.4, -0.2) is 43.7 Å². The Morgan fingerprint density at radius 2 is 1.73 bits per heavy atom. The van der Waals surface area contributed by atoms with Crippen molar-refractivity contribution >= 4 is 22.8 Å². The second-order valence-corrected chi connectivity index (χ2v) is 6.94. The van der Waals surface area contributed by atoms with Crippen molar-refractivity contribution < 1.29 is 23.8 Å². The van der Waals surface area contributed by atoms with Gasteiger partial charge in [-0.1, -0.05) is 18.2 Å². The van der Waals surface area contributed by atoms with Crippen molar-refractivity contribution in [3.05, 3.63) is 54.1 Å². The maximum Gasteiger partial charge on any atom is 0.339 e. The van der Waals surface area contributed by atoms with Crippen molar-refractivity contribution in [1.29, 1.82) is 0 Å². The quantitative estimate of drug-likeness (QED) is 0.601. The maximum absolute atomic E-state index is 12.8. The molecule has 156 valence electrons. The number of fused-ring (bicyclic) bond motifs is 1. The Hall–Kier alpha value is -3.61. The number of nitrogens with zero attached hydrogens (tertiary/aromatic N) is 1. The number of amides is 1. The molecule has 30 heavy (non-hydrogen) atoms. The van der Waals surface area contributed by atoms with Crippen molar-refractivity contribution in [2.75, 3.05) is 20.8 Å². The van der Waals surface area contributed by atoms with Gasteiger partial charge in [0.25, 0.3) is 5.91 Å². The molecule has 1 N–H and O–H groups in total. The van der Waals surface area contributed by atoms with Gasteiger partial charge in [-0.3, -0.25) is 4.79 Å². The molecule has 0 saturated carbocycles. The van der Waals surface area contributed by atoms with Crippen molar-refractivity contribution in [2.24, 2.45) is 0 Å². The number of esters is 1. The van der Waals surface area contributed by atoms with Crippen LogP contribution in [0.3, 0.4) is 0 Å². The number of aromatic nitrogens is 1. The van der Waals surface area contributed by atoms with Gasteiger partial charge in [0.15, 0.2) is 18.1 Å². The summed E-state index contributed by atoms with van der Waals surface area (Å²) < 4.78 is 15.9. The second-order valence-electron chi connectivity index (χ2n) is 6.94. The highest BCUT2D eigenvalue weighted by Crippen LogP contribution is 2.33. The molecule has 0 fully saturated rings. The first kappa shape index (κ1) is 21.1. The molecule has 7 nitrogen and oxygen atoms in total. The fourth-order valence-electron chi connectivity index (χ4n) is 3.06. The fraction of sp³-hybridized carbons (Fsp3) is 0.261. The number of rotatable bonds is 7. The van der Waals surface area contributed by atoms with Crippen LogP contribution in [-0.2, 0) is 9.53 Å². The van der Waals surface area contributed by atoms with E-state index in [0.717, 1.165) is 5.56 Å². The predicted molar refractivity (Wildman–Crippen MR) is 114 cm³/mol. The van der Waals surface area contributed by atoms with Crippen LogP contribution in [0.25, 0.3) is 22.2 Å². The number of carbonyl (C=O) groups is 2. The minimum Gasteiger partial charge on any atom is -0.493 e. The maximum atomic E-state index is 12.8. The van der Waals surface area contributed by atoms with Crippen LogP contribution in [0.2, 0.25) is 0 Å². The highest BCUT2D eigenvalue weighted by Gasteiger charge is 2.17. The minimum atomic E-state index is -0.589. The highest BCUT2D eigenvalue weighted by atomic mass is 16.5. The molecule has 0 atom stereocenters. The van der Waals surface area contributed by atoms with Crippen LogP contribution >= 0.6 is 0 Å². The topological polar surface area (TPSA) is 86.8 Å². The van der Waals surface area contributed by atoms with Gasteiger partial charge in [0.05, 0.1) is 31.0 Å². The molecule has 0 saturated heterocycles. The van der Waals surface area contributed by atoms with Crippen molar-refractivity contribution in [1.82, 2.24) is 10.3 Å². The Morgan fingerprint density at radius 3 is 2.43 bits per heavy atom. The van der Waals surface area contributed by atoms with Gasteiger partial charge in [-0.2, -0.15) is 0 Å². The molecule has 0 aliphatic heterocycles. The van der Waals surface area contributed by atoms with E-state index in [0.29, 0.717) is 33.7 Å². The molecular weight excluding hydrogens is 384 g/mol. The Balaban J connectivity index is 1.99. The zero-order valence-electron chi connectivity index (χ0n) is 17.4. The minimum absolute atomic E-state index is 0.0328. The summed E-state index contributed by atoms with van der Waals surface area (Å²) in [6, 6.07) is 14.3. The lowest BCUT2D eigenvalue weighted by molar-refractivity contribution is -0.124. The first-order chi connectivity index (χ1) is 14.4. The van der Waals surface area contributed by atoms with Crippen LogP contribution in [0.15, 0.2) is 48.5 Å². The van der Waals surface area contributed by atoms with E-state index >= 15 is 0 Å². The summed E-state index contributed by atoms with van der Waals surface area (Å²) in [6.45, 7) is 3.33. The predicted octanol–water partition coefficient (Wildman–Crippen LogP) is 3.60. The number of para-hydroxylation sites is 1. The molecule has 0 unspecified atom stereocenters. The van der Waals surface area contributed by atoms with E-state index in [1.807, 2.05) is 38.1 Å². The molecule has 2 aromatic carbocycles. The molecule has 0 aliphatic carbocycles. The summed E-state index contributed by atoms with van der Waals surface area (Å²) in [7, 11) is 3.12. The van der Waals surface area contributed by atoms with E-state index in [4.69, 9.17) is 14.2 Å². The van der Waals surface area contributed by atoms with Crippen molar-refractivity contribution in [3.63, 3.8) is 0 Å². The monoisotopic (exact) mass is 408 g/mol. The number of pyridine rings is 1. The summed E-state index contributed by atoms with van der Waals surface area (Å²) in [5.41, 5.74) is 2.31. The van der Waals surface area contributed by atoms with Crippen LogP contribution in [0.1, 0.15) is 24.2 Å². The number of carbonyl (C=O) groups excluding carboxylic acids is 2. The largest absolute Gasteiger partial charge is 0.493 e. The summed E-state index contributed by atoms with van der Waals surface area (Å²) in [5, 5.41) is 3.34. The molecule has 3 aromatic rings. The number of nitrogens with one attached hydrogen (secondary N) is 1. The number of benzene rings is 2. The van der Waals surface area contributed by atoms with E-state index in [-0.39, 0.29) is 18.6 Å². The van der Waals surface area contributed by atoms with Gasteiger partial charge in [0.2, 0.25) is 0 Å². The average molecular weight is 408 g/mol.